The van der Waals surface area contributed by atoms with E-state index in [-0.39, 0.29) is 12.2 Å². The van der Waals surface area contributed by atoms with Crippen LogP contribution in [0.15, 0.2) is 22.7 Å². The van der Waals surface area contributed by atoms with Crippen LogP contribution in [-0.4, -0.2) is 11.1 Å². The Labute approximate surface area is 121 Å². The van der Waals surface area contributed by atoms with E-state index in [9.17, 15) is 14.3 Å². The smallest absolute Gasteiger partial charge is 0.309 e. The van der Waals surface area contributed by atoms with Crippen LogP contribution in [-0.2, 0) is 11.2 Å². The van der Waals surface area contributed by atoms with Crippen LogP contribution in [0.1, 0.15) is 38.2 Å². The van der Waals surface area contributed by atoms with Gasteiger partial charge in [-0.05, 0) is 49.3 Å². The molecule has 0 heterocycles. The van der Waals surface area contributed by atoms with Crippen molar-refractivity contribution in [3.63, 3.8) is 0 Å². The molecule has 2 unspecified atom stereocenters. The van der Waals surface area contributed by atoms with Gasteiger partial charge in [-0.1, -0.05) is 35.3 Å². The molecule has 0 bridgehead atoms. The lowest BCUT2D eigenvalue weighted by Crippen LogP contribution is -2.31. The molecule has 1 aromatic carbocycles. The van der Waals surface area contributed by atoms with Gasteiger partial charge >= 0.3 is 5.97 Å². The maximum absolute atomic E-state index is 13.9. The Morgan fingerprint density at radius 1 is 1.58 bits per heavy atom. The molecule has 0 radical (unpaired) electrons. The topological polar surface area (TPSA) is 37.3 Å². The Morgan fingerprint density at radius 2 is 2.32 bits per heavy atom. The summed E-state index contributed by atoms with van der Waals surface area (Å²) in [4.78, 5) is 11.6. The number of carboxylic acid groups (broad SMARTS) is 1. The summed E-state index contributed by atoms with van der Waals surface area (Å²) in [7, 11) is 0. The molecule has 1 saturated carbocycles. The average molecular weight is 329 g/mol. The fraction of sp³-hybridized carbons (Fsp3) is 0.533. The minimum atomic E-state index is -0.786. The summed E-state index contributed by atoms with van der Waals surface area (Å²) in [6.07, 6.45) is 3.53. The first-order valence-corrected chi connectivity index (χ1v) is 7.43. The summed E-state index contributed by atoms with van der Waals surface area (Å²) in [6, 6.07) is 4.85. The van der Waals surface area contributed by atoms with Crippen molar-refractivity contribution in [1.82, 2.24) is 0 Å². The Morgan fingerprint density at radius 3 is 2.84 bits per heavy atom. The summed E-state index contributed by atoms with van der Waals surface area (Å²) >= 11 is 3.22. The maximum Gasteiger partial charge on any atom is 0.309 e. The third-order valence-corrected chi connectivity index (χ3v) is 4.78. The van der Waals surface area contributed by atoms with E-state index in [2.05, 4.69) is 22.9 Å². The fourth-order valence-corrected chi connectivity index (χ4v) is 3.38. The van der Waals surface area contributed by atoms with Crippen molar-refractivity contribution in [2.75, 3.05) is 0 Å². The van der Waals surface area contributed by atoms with Crippen LogP contribution >= 0.6 is 15.9 Å². The van der Waals surface area contributed by atoms with E-state index in [4.69, 9.17) is 0 Å². The molecule has 104 valence electrons. The molecular weight excluding hydrogens is 311 g/mol. The predicted molar refractivity (Wildman–Crippen MR) is 75.5 cm³/mol. The van der Waals surface area contributed by atoms with Gasteiger partial charge < -0.3 is 5.11 Å². The molecule has 4 heteroatoms. The van der Waals surface area contributed by atoms with Crippen LogP contribution in [0, 0.1) is 17.2 Å². The van der Waals surface area contributed by atoms with Crippen LogP contribution in [0.3, 0.4) is 0 Å². The van der Waals surface area contributed by atoms with E-state index >= 15 is 0 Å². The van der Waals surface area contributed by atoms with Crippen molar-refractivity contribution in [2.24, 2.45) is 11.3 Å². The normalized spacial score (nSPS) is 26.6. The third kappa shape index (κ3) is 2.99. The largest absolute Gasteiger partial charge is 0.481 e. The molecule has 1 aliphatic carbocycles. The summed E-state index contributed by atoms with van der Waals surface area (Å²) in [6.45, 7) is 2.09. The molecule has 0 spiro atoms. The van der Waals surface area contributed by atoms with Gasteiger partial charge in [-0.3, -0.25) is 4.79 Å². The number of halogens is 2. The highest BCUT2D eigenvalue weighted by Crippen LogP contribution is 2.46. The zero-order valence-corrected chi connectivity index (χ0v) is 12.5. The van der Waals surface area contributed by atoms with Gasteiger partial charge in [-0.15, -0.1) is 0 Å². The van der Waals surface area contributed by atoms with Gasteiger partial charge in [0.05, 0.1) is 5.41 Å². The Hall–Kier alpha value is -0.900. The maximum atomic E-state index is 13.9. The first kappa shape index (κ1) is 14.5. The Kier molecular flexibility index (Phi) is 4.29. The molecule has 0 saturated heterocycles. The molecule has 1 N–H and O–H groups in total. The molecule has 19 heavy (non-hydrogen) atoms. The SMILES string of the molecule is CCC1CCC(Cc2ccc(Br)cc2F)(C(=O)O)C1. The minimum absolute atomic E-state index is 0.290. The lowest BCUT2D eigenvalue weighted by atomic mass is 9.79. The molecule has 2 rings (SSSR count). The van der Waals surface area contributed by atoms with Gasteiger partial charge in [0.2, 0.25) is 0 Å². The predicted octanol–water partition coefficient (Wildman–Crippen LogP) is 4.41. The minimum Gasteiger partial charge on any atom is -0.481 e. The monoisotopic (exact) mass is 328 g/mol. The summed E-state index contributed by atoms with van der Waals surface area (Å²) in [5.41, 5.74) is -0.280. The fourth-order valence-electron chi connectivity index (χ4n) is 3.05. The Balaban J connectivity index is 2.25. The van der Waals surface area contributed by atoms with Gasteiger partial charge in [-0.25, -0.2) is 4.39 Å². The lowest BCUT2D eigenvalue weighted by Gasteiger charge is -2.24. The van der Waals surface area contributed by atoms with Crippen molar-refractivity contribution in [3.05, 3.63) is 34.1 Å². The van der Waals surface area contributed by atoms with Gasteiger partial charge in [0.25, 0.3) is 0 Å². The Bertz CT molecular complexity index is 489. The summed E-state index contributed by atoms with van der Waals surface area (Å²) in [5, 5.41) is 9.55. The summed E-state index contributed by atoms with van der Waals surface area (Å²) < 4.78 is 14.6. The van der Waals surface area contributed by atoms with Crippen LogP contribution in [0.25, 0.3) is 0 Å². The first-order chi connectivity index (χ1) is 8.97. The number of hydrogen-bond donors (Lipinski definition) is 1. The number of carbonyl (C=O) groups is 1. The third-order valence-electron chi connectivity index (χ3n) is 4.29. The molecule has 0 aromatic heterocycles. The van der Waals surface area contributed by atoms with E-state index < -0.39 is 11.4 Å². The highest BCUT2D eigenvalue weighted by molar-refractivity contribution is 9.10. The number of carboxylic acids is 1. The lowest BCUT2D eigenvalue weighted by molar-refractivity contribution is -0.148. The second-order valence-electron chi connectivity index (χ2n) is 5.52. The molecule has 0 amide bonds. The van der Waals surface area contributed by atoms with Gasteiger partial charge in [0, 0.05) is 4.47 Å². The van der Waals surface area contributed by atoms with Crippen molar-refractivity contribution in [1.29, 1.82) is 0 Å². The second kappa shape index (κ2) is 5.61. The van der Waals surface area contributed by atoms with Gasteiger partial charge in [0.1, 0.15) is 5.82 Å². The number of aliphatic carboxylic acids is 1. The highest BCUT2D eigenvalue weighted by Gasteiger charge is 2.45. The first-order valence-electron chi connectivity index (χ1n) is 6.64. The van der Waals surface area contributed by atoms with E-state index in [1.54, 1.807) is 12.1 Å². The van der Waals surface area contributed by atoms with Crippen LogP contribution < -0.4 is 0 Å². The number of hydrogen-bond acceptors (Lipinski definition) is 1. The highest BCUT2D eigenvalue weighted by atomic mass is 79.9. The number of benzene rings is 1. The van der Waals surface area contributed by atoms with Gasteiger partial charge in [-0.2, -0.15) is 0 Å². The molecule has 1 fully saturated rings. The average Bonchev–Trinajstić information content (AvgIpc) is 2.78. The molecular formula is C15H18BrFO2. The van der Waals surface area contributed by atoms with Crippen molar-refractivity contribution in [2.45, 2.75) is 39.0 Å². The zero-order valence-electron chi connectivity index (χ0n) is 11.0. The van der Waals surface area contributed by atoms with Crippen LogP contribution in [0.2, 0.25) is 0 Å². The van der Waals surface area contributed by atoms with Gasteiger partial charge in [0.15, 0.2) is 0 Å². The standard InChI is InChI=1S/C15H18BrFO2/c1-2-10-5-6-15(8-10,14(18)19)9-11-3-4-12(16)7-13(11)17/h3-4,7,10H,2,5-6,8-9H2,1H3,(H,18,19). The van der Waals surface area contributed by atoms with E-state index in [0.717, 1.165) is 12.8 Å². The number of rotatable bonds is 4. The van der Waals surface area contributed by atoms with Crippen LogP contribution in [0.4, 0.5) is 4.39 Å². The molecule has 1 aliphatic rings. The van der Waals surface area contributed by atoms with Crippen molar-refractivity contribution in [3.8, 4) is 0 Å². The molecule has 1 aromatic rings. The van der Waals surface area contributed by atoms with Crippen molar-refractivity contribution >= 4 is 21.9 Å². The molecule has 2 atom stereocenters. The van der Waals surface area contributed by atoms with E-state index in [1.807, 2.05) is 0 Å². The molecule has 0 aliphatic heterocycles. The zero-order chi connectivity index (χ0) is 14.0. The van der Waals surface area contributed by atoms with E-state index in [1.165, 1.54) is 6.07 Å². The second-order valence-corrected chi connectivity index (χ2v) is 6.43. The van der Waals surface area contributed by atoms with Crippen LogP contribution in [0.5, 0.6) is 0 Å². The summed E-state index contributed by atoms with van der Waals surface area (Å²) in [5.74, 6) is -0.657. The quantitative estimate of drug-likeness (QED) is 0.888. The van der Waals surface area contributed by atoms with Crippen molar-refractivity contribution < 1.29 is 14.3 Å². The molecule has 2 nitrogen and oxygen atoms in total. The van der Waals surface area contributed by atoms with E-state index in [0.29, 0.717) is 28.8 Å².